The van der Waals surface area contributed by atoms with E-state index in [0.717, 1.165) is 100 Å². The lowest BCUT2D eigenvalue weighted by Gasteiger charge is -2.06. The summed E-state index contributed by atoms with van der Waals surface area (Å²) in [7, 11) is 0. The van der Waals surface area contributed by atoms with Gasteiger partial charge >= 0.3 is 0 Å². The average molecular weight is 977 g/mol. The summed E-state index contributed by atoms with van der Waals surface area (Å²) in [6.45, 7) is 1.91. The minimum absolute atomic E-state index is 0. The Labute approximate surface area is 402 Å². The summed E-state index contributed by atoms with van der Waals surface area (Å²) in [5.74, 6) is 1.72. The molecule has 0 fully saturated rings. The Balaban J connectivity index is 0.00000288. The fraction of sp³-hybridized carbons (Fsp3) is 0.0877. The summed E-state index contributed by atoms with van der Waals surface area (Å²) in [6, 6.07) is 72.2. The Kier molecular flexibility index (Phi) is 14.5. The van der Waals surface area contributed by atoms with E-state index >= 15 is 0 Å². The SMILES string of the molecule is [Br-].[Br-].c1ccc(-c2nc(-c3ccc(-c4cccc[n+]4CCCCC[n+]4ccccc4-c4ccc(-c5nc(-c6ccccc6)c(-c6ccccc6)[nH]5)cc4)cc3)[nH]c2-c2ccccc2)cc1. The van der Waals surface area contributed by atoms with Crippen molar-refractivity contribution < 1.29 is 43.1 Å². The van der Waals surface area contributed by atoms with Crippen molar-refractivity contribution in [1.29, 1.82) is 0 Å². The van der Waals surface area contributed by atoms with Gasteiger partial charge in [0.2, 0.25) is 11.4 Å². The molecule has 0 amide bonds. The first-order chi connectivity index (χ1) is 31.2. The largest absolute Gasteiger partial charge is 1.00 e. The van der Waals surface area contributed by atoms with Crippen LogP contribution in [0.25, 0.3) is 90.3 Å². The number of benzene rings is 6. The van der Waals surface area contributed by atoms with Crippen molar-refractivity contribution in [2.24, 2.45) is 0 Å². The van der Waals surface area contributed by atoms with Crippen molar-refractivity contribution in [3.05, 3.63) is 219 Å². The van der Waals surface area contributed by atoms with Crippen LogP contribution in [0, 0.1) is 0 Å². The van der Waals surface area contributed by atoms with Gasteiger partial charge in [-0.1, -0.05) is 146 Å². The predicted molar refractivity (Wildman–Crippen MR) is 255 cm³/mol. The van der Waals surface area contributed by atoms with E-state index in [1.807, 2.05) is 24.3 Å². The van der Waals surface area contributed by atoms with Crippen LogP contribution in [0.1, 0.15) is 19.3 Å². The fourth-order valence-electron chi connectivity index (χ4n) is 8.46. The van der Waals surface area contributed by atoms with Gasteiger partial charge in [0.25, 0.3) is 0 Å². The molecule has 10 rings (SSSR count). The molecule has 320 valence electrons. The van der Waals surface area contributed by atoms with Crippen LogP contribution in [0.2, 0.25) is 0 Å². The molecule has 8 heteroatoms. The first kappa shape index (κ1) is 44.6. The highest BCUT2D eigenvalue weighted by Gasteiger charge is 2.19. The van der Waals surface area contributed by atoms with Crippen LogP contribution in [0.3, 0.4) is 0 Å². The van der Waals surface area contributed by atoms with Crippen LogP contribution in [-0.2, 0) is 13.1 Å². The van der Waals surface area contributed by atoms with Gasteiger partial charge in [-0.3, -0.25) is 0 Å². The highest BCUT2D eigenvalue weighted by atomic mass is 79.9. The summed E-state index contributed by atoms with van der Waals surface area (Å²) in [5.41, 5.74) is 15.3. The normalized spacial score (nSPS) is 10.8. The minimum atomic E-state index is 0. The Bertz CT molecular complexity index is 2740. The van der Waals surface area contributed by atoms with Crippen molar-refractivity contribution >= 4 is 0 Å². The number of aromatic nitrogens is 6. The molecule has 0 radical (unpaired) electrons. The number of hydrogen-bond donors (Lipinski definition) is 2. The number of nitrogens with one attached hydrogen (secondary N) is 2. The Hall–Kier alpha value is -7.00. The first-order valence-electron chi connectivity index (χ1n) is 21.9. The molecule has 0 atom stereocenters. The van der Waals surface area contributed by atoms with Crippen LogP contribution in [0.4, 0.5) is 0 Å². The lowest BCUT2D eigenvalue weighted by atomic mass is 10.1. The molecule has 10 aromatic rings. The van der Waals surface area contributed by atoms with Crippen molar-refractivity contribution in [2.75, 3.05) is 0 Å². The van der Waals surface area contributed by atoms with Crippen LogP contribution >= 0.6 is 0 Å². The summed E-state index contributed by atoms with van der Waals surface area (Å²) in [6.07, 6.45) is 7.71. The number of halogens is 2. The smallest absolute Gasteiger partial charge is 0.212 e. The summed E-state index contributed by atoms with van der Waals surface area (Å²) in [4.78, 5) is 17.5. The van der Waals surface area contributed by atoms with E-state index in [0.29, 0.717) is 0 Å². The van der Waals surface area contributed by atoms with Gasteiger partial charge in [-0.15, -0.1) is 0 Å². The maximum absolute atomic E-state index is 5.12. The zero-order valence-corrected chi connectivity index (χ0v) is 39.0. The summed E-state index contributed by atoms with van der Waals surface area (Å²) >= 11 is 0. The number of hydrogen-bond acceptors (Lipinski definition) is 2. The number of rotatable bonds is 14. The van der Waals surface area contributed by atoms with E-state index < -0.39 is 0 Å². The molecule has 6 nitrogen and oxygen atoms in total. The topological polar surface area (TPSA) is 65.1 Å². The molecule has 2 N–H and O–H groups in total. The number of aryl methyl sites for hydroxylation is 2. The lowest BCUT2D eigenvalue weighted by molar-refractivity contribution is -0.690. The Morgan fingerprint density at radius 2 is 0.631 bits per heavy atom. The highest BCUT2D eigenvalue weighted by molar-refractivity contribution is 5.83. The zero-order valence-electron chi connectivity index (χ0n) is 35.9. The number of nitrogens with zero attached hydrogens (tertiary/aromatic N) is 4. The van der Waals surface area contributed by atoms with Crippen LogP contribution in [0.15, 0.2) is 219 Å². The highest BCUT2D eigenvalue weighted by Crippen LogP contribution is 2.35. The third-order valence-electron chi connectivity index (χ3n) is 11.7. The molecule has 4 aromatic heterocycles. The van der Waals surface area contributed by atoms with Crippen LogP contribution in [-0.4, -0.2) is 19.9 Å². The third kappa shape index (κ3) is 10.0. The Morgan fingerprint density at radius 1 is 0.308 bits per heavy atom. The van der Waals surface area contributed by atoms with E-state index in [-0.39, 0.29) is 34.0 Å². The number of unbranched alkanes of at least 4 members (excludes halogenated alkanes) is 2. The molecule has 0 bridgehead atoms. The maximum Gasteiger partial charge on any atom is 0.212 e. The van der Waals surface area contributed by atoms with E-state index in [1.54, 1.807) is 0 Å². The lowest BCUT2D eigenvalue weighted by Crippen LogP contribution is -3.00. The molecule has 0 saturated heterocycles. The van der Waals surface area contributed by atoms with Crippen molar-refractivity contribution in [2.45, 2.75) is 32.4 Å². The molecular formula is C57H48Br2N6. The second-order valence-corrected chi connectivity index (χ2v) is 15.9. The molecule has 0 unspecified atom stereocenters. The van der Waals surface area contributed by atoms with E-state index in [4.69, 9.17) is 9.97 Å². The van der Waals surface area contributed by atoms with Gasteiger partial charge in [0.15, 0.2) is 12.4 Å². The van der Waals surface area contributed by atoms with E-state index in [1.165, 1.54) is 22.5 Å². The third-order valence-corrected chi connectivity index (χ3v) is 11.7. The molecule has 0 spiro atoms. The monoisotopic (exact) mass is 974 g/mol. The molecule has 65 heavy (non-hydrogen) atoms. The molecule has 0 aliphatic heterocycles. The van der Waals surface area contributed by atoms with Crippen LogP contribution < -0.4 is 43.1 Å². The Morgan fingerprint density at radius 3 is 1.00 bits per heavy atom. The van der Waals surface area contributed by atoms with E-state index in [9.17, 15) is 0 Å². The maximum atomic E-state index is 5.12. The number of pyridine rings is 2. The van der Waals surface area contributed by atoms with E-state index in [2.05, 4.69) is 213 Å². The zero-order chi connectivity index (χ0) is 42.2. The first-order valence-corrected chi connectivity index (χ1v) is 21.9. The molecule has 0 saturated carbocycles. The van der Waals surface area contributed by atoms with Gasteiger partial charge in [0.05, 0.1) is 22.8 Å². The quantitative estimate of drug-likeness (QED) is 0.0919. The van der Waals surface area contributed by atoms with Gasteiger partial charge in [0.1, 0.15) is 24.7 Å². The number of imidazole rings is 2. The van der Waals surface area contributed by atoms with Gasteiger partial charge in [-0.2, -0.15) is 9.13 Å². The number of aromatic amines is 2. The molecule has 6 aromatic carbocycles. The second kappa shape index (κ2) is 21.1. The van der Waals surface area contributed by atoms with Crippen molar-refractivity contribution in [1.82, 2.24) is 19.9 Å². The van der Waals surface area contributed by atoms with Crippen LogP contribution in [0.5, 0.6) is 0 Å². The summed E-state index contributed by atoms with van der Waals surface area (Å²) < 4.78 is 4.77. The van der Waals surface area contributed by atoms with Gasteiger partial charge in [0, 0.05) is 81.6 Å². The summed E-state index contributed by atoms with van der Waals surface area (Å²) in [5, 5.41) is 0. The van der Waals surface area contributed by atoms with Gasteiger partial charge in [-0.25, -0.2) is 9.97 Å². The molecule has 0 aliphatic rings. The van der Waals surface area contributed by atoms with Gasteiger partial charge < -0.3 is 43.9 Å². The fourth-order valence-corrected chi connectivity index (χ4v) is 8.46. The standard InChI is InChI=1S/C57H46N6.2BrH/c1-6-20-44(21-7-1)52-53(45-22-8-2-9-23-45)59-56(58-52)48-34-30-42(31-35-48)50-28-14-18-40-62(50)38-16-5-17-39-63-41-19-15-29-51(63)43-32-36-49(37-33-43)57-60-54(46-24-10-3-11-25-46)55(61-57)47-26-12-4-13-27-47;;/h1-4,6-15,18-37,40-41H,5,16-17,38-39H2;2*1H. The minimum Gasteiger partial charge on any atom is -1.00 e. The molecule has 0 aliphatic carbocycles. The second-order valence-electron chi connectivity index (χ2n) is 15.9. The van der Waals surface area contributed by atoms with Crippen molar-refractivity contribution in [3.8, 4) is 90.3 Å². The van der Waals surface area contributed by atoms with Crippen molar-refractivity contribution in [3.63, 3.8) is 0 Å². The average Bonchev–Trinajstić information content (AvgIpc) is 4.02. The van der Waals surface area contributed by atoms with Gasteiger partial charge in [-0.05, 0) is 42.8 Å². The number of H-pyrrole nitrogens is 2. The molecule has 4 heterocycles. The predicted octanol–water partition coefficient (Wildman–Crippen LogP) is 6.92. The molecular weight excluding hydrogens is 928 g/mol.